The maximum Gasteiger partial charge on any atom is 0.272 e. The molecule has 5 nitrogen and oxygen atoms in total. The third-order valence-corrected chi connectivity index (χ3v) is 3.55. The van der Waals surface area contributed by atoms with Gasteiger partial charge in [0.15, 0.2) is 0 Å². The first-order valence-corrected chi connectivity index (χ1v) is 7.06. The molecule has 0 spiro atoms. The van der Waals surface area contributed by atoms with E-state index in [9.17, 15) is 9.59 Å². The molecule has 6 heteroatoms. The van der Waals surface area contributed by atoms with Crippen molar-refractivity contribution in [3.8, 4) is 0 Å². The largest absolute Gasteiger partial charge is 0.339 e. The molecule has 1 saturated heterocycles. The second-order valence-electron chi connectivity index (χ2n) is 5.13. The first kappa shape index (κ1) is 14.8. The van der Waals surface area contributed by atoms with Crippen LogP contribution < -0.4 is 0 Å². The monoisotopic (exact) mass is 295 g/mol. The lowest BCUT2D eigenvalue weighted by atomic mass is 10.1. The fraction of sp³-hybridized carbons (Fsp3) is 0.500. The zero-order chi connectivity index (χ0) is 14.7. The molecule has 0 aromatic carbocycles. The highest BCUT2D eigenvalue weighted by atomic mass is 35.5. The summed E-state index contributed by atoms with van der Waals surface area (Å²) >= 11 is 5.86. The number of pyridine rings is 1. The van der Waals surface area contributed by atoms with E-state index in [4.69, 9.17) is 11.6 Å². The number of aromatic nitrogens is 1. The number of nitrogens with zero attached hydrogens (tertiary/aromatic N) is 3. The lowest BCUT2D eigenvalue weighted by Crippen LogP contribution is -2.51. The van der Waals surface area contributed by atoms with E-state index in [1.807, 2.05) is 13.8 Å². The van der Waals surface area contributed by atoms with Crippen molar-refractivity contribution in [3.63, 3.8) is 0 Å². The van der Waals surface area contributed by atoms with Gasteiger partial charge in [0, 0.05) is 43.3 Å². The van der Waals surface area contributed by atoms with E-state index in [1.54, 1.807) is 21.9 Å². The Labute approximate surface area is 123 Å². The molecule has 0 N–H and O–H groups in total. The Kier molecular flexibility index (Phi) is 4.60. The molecule has 1 aliphatic heterocycles. The molecule has 0 radical (unpaired) electrons. The highest BCUT2D eigenvalue weighted by Crippen LogP contribution is 2.13. The fourth-order valence-electron chi connectivity index (χ4n) is 2.18. The van der Waals surface area contributed by atoms with E-state index in [-0.39, 0.29) is 17.7 Å². The Morgan fingerprint density at radius 1 is 1.20 bits per heavy atom. The van der Waals surface area contributed by atoms with Gasteiger partial charge >= 0.3 is 0 Å². The number of hydrogen-bond donors (Lipinski definition) is 0. The Morgan fingerprint density at radius 3 is 2.35 bits per heavy atom. The van der Waals surface area contributed by atoms with Crippen LogP contribution in [0.2, 0.25) is 5.02 Å². The number of amides is 2. The molecule has 0 aliphatic carbocycles. The number of carbonyl (C=O) groups is 2. The van der Waals surface area contributed by atoms with Crippen molar-refractivity contribution in [2.24, 2.45) is 5.92 Å². The van der Waals surface area contributed by atoms with Crippen LogP contribution in [0, 0.1) is 5.92 Å². The van der Waals surface area contributed by atoms with Gasteiger partial charge in [-0.15, -0.1) is 0 Å². The van der Waals surface area contributed by atoms with Crippen molar-refractivity contribution in [2.45, 2.75) is 13.8 Å². The Balaban J connectivity index is 1.97. The van der Waals surface area contributed by atoms with E-state index in [1.165, 1.54) is 6.20 Å². The molecule has 108 valence electrons. The predicted molar refractivity (Wildman–Crippen MR) is 76.6 cm³/mol. The number of halogens is 1. The van der Waals surface area contributed by atoms with E-state index in [0.29, 0.717) is 36.9 Å². The van der Waals surface area contributed by atoms with Crippen molar-refractivity contribution in [2.75, 3.05) is 26.2 Å². The SMILES string of the molecule is CC(C)C(=O)N1CCN(C(=O)c2cc(Cl)ccn2)CC1. The number of carbonyl (C=O) groups excluding carboxylic acids is 2. The first-order chi connectivity index (χ1) is 9.49. The molecule has 1 aromatic heterocycles. The summed E-state index contributed by atoms with van der Waals surface area (Å²) in [7, 11) is 0. The minimum atomic E-state index is -0.135. The molecule has 0 atom stereocenters. The molecule has 20 heavy (non-hydrogen) atoms. The summed E-state index contributed by atoms with van der Waals surface area (Å²) < 4.78 is 0. The summed E-state index contributed by atoms with van der Waals surface area (Å²) in [5.74, 6) is -0.00558. The molecule has 1 aliphatic rings. The first-order valence-electron chi connectivity index (χ1n) is 6.68. The molecule has 2 rings (SSSR count). The summed E-state index contributed by atoms with van der Waals surface area (Å²) in [5.41, 5.74) is 0.348. The van der Waals surface area contributed by atoms with Crippen LogP contribution in [0.4, 0.5) is 0 Å². The Hall–Kier alpha value is -1.62. The van der Waals surface area contributed by atoms with Gasteiger partial charge in [-0.2, -0.15) is 0 Å². The molecule has 2 heterocycles. The quantitative estimate of drug-likeness (QED) is 0.834. The highest BCUT2D eigenvalue weighted by Gasteiger charge is 2.26. The summed E-state index contributed by atoms with van der Waals surface area (Å²) in [6.07, 6.45) is 1.52. The molecule has 1 aromatic rings. The molecule has 2 amide bonds. The van der Waals surface area contributed by atoms with E-state index < -0.39 is 0 Å². The molecular formula is C14H18ClN3O2. The van der Waals surface area contributed by atoms with Gasteiger partial charge < -0.3 is 9.80 Å². The van der Waals surface area contributed by atoms with Gasteiger partial charge in [0.2, 0.25) is 5.91 Å². The van der Waals surface area contributed by atoms with Crippen molar-refractivity contribution in [1.82, 2.24) is 14.8 Å². The summed E-state index contributed by atoms with van der Waals surface area (Å²) in [4.78, 5) is 31.7. The number of rotatable bonds is 2. The molecule has 0 saturated carbocycles. The highest BCUT2D eigenvalue weighted by molar-refractivity contribution is 6.30. The van der Waals surface area contributed by atoms with E-state index >= 15 is 0 Å². The maximum atomic E-state index is 12.3. The van der Waals surface area contributed by atoms with Gasteiger partial charge in [-0.3, -0.25) is 14.6 Å². The lowest BCUT2D eigenvalue weighted by Gasteiger charge is -2.35. The third-order valence-electron chi connectivity index (χ3n) is 3.31. The zero-order valence-corrected chi connectivity index (χ0v) is 12.4. The second kappa shape index (κ2) is 6.22. The van der Waals surface area contributed by atoms with Crippen LogP contribution in [0.1, 0.15) is 24.3 Å². The van der Waals surface area contributed by atoms with Crippen molar-refractivity contribution >= 4 is 23.4 Å². The van der Waals surface area contributed by atoms with Crippen molar-refractivity contribution < 1.29 is 9.59 Å². The molecule has 1 fully saturated rings. The number of piperazine rings is 1. The lowest BCUT2D eigenvalue weighted by molar-refractivity contribution is -0.135. The molecule has 0 unspecified atom stereocenters. The minimum absolute atomic E-state index is 0.00755. The summed E-state index contributed by atoms with van der Waals surface area (Å²) in [5, 5.41) is 0.497. The van der Waals surface area contributed by atoms with Gasteiger partial charge in [-0.1, -0.05) is 25.4 Å². The van der Waals surface area contributed by atoms with Gasteiger partial charge in [0.25, 0.3) is 5.91 Å². The van der Waals surface area contributed by atoms with Crippen LogP contribution in [0.3, 0.4) is 0 Å². The second-order valence-corrected chi connectivity index (χ2v) is 5.57. The average molecular weight is 296 g/mol. The average Bonchev–Trinajstić information content (AvgIpc) is 2.46. The van der Waals surface area contributed by atoms with Crippen LogP contribution in [-0.4, -0.2) is 52.8 Å². The van der Waals surface area contributed by atoms with E-state index in [0.717, 1.165) is 0 Å². The minimum Gasteiger partial charge on any atom is -0.339 e. The predicted octanol–water partition coefficient (Wildman–Crippen LogP) is 1.68. The van der Waals surface area contributed by atoms with Crippen LogP contribution in [-0.2, 0) is 4.79 Å². The standard InChI is InChI=1S/C14H18ClN3O2/c1-10(2)13(19)17-5-7-18(8-6-17)14(20)12-9-11(15)3-4-16-12/h3-4,9-10H,5-8H2,1-2H3. The van der Waals surface area contributed by atoms with Gasteiger partial charge in [0.1, 0.15) is 5.69 Å². The smallest absolute Gasteiger partial charge is 0.272 e. The Morgan fingerprint density at radius 2 is 1.80 bits per heavy atom. The maximum absolute atomic E-state index is 12.3. The third kappa shape index (κ3) is 3.28. The summed E-state index contributed by atoms with van der Waals surface area (Å²) in [6, 6.07) is 3.20. The van der Waals surface area contributed by atoms with Gasteiger partial charge in [-0.05, 0) is 12.1 Å². The van der Waals surface area contributed by atoms with Crippen LogP contribution >= 0.6 is 11.6 Å². The van der Waals surface area contributed by atoms with Crippen LogP contribution in [0.5, 0.6) is 0 Å². The van der Waals surface area contributed by atoms with Gasteiger partial charge in [-0.25, -0.2) is 0 Å². The van der Waals surface area contributed by atoms with Crippen LogP contribution in [0.15, 0.2) is 18.3 Å². The molecule has 0 bridgehead atoms. The number of hydrogen-bond acceptors (Lipinski definition) is 3. The fourth-order valence-corrected chi connectivity index (χ4v) is 2.34. The molecular weight excluding hydrogens is 278 g/mol. The topological polar surface area (TPSA) is 53.5 Å². The van der Waals surface area contributed by atoms with Crippen molar-refractivity contribution in [3.05, 3.63) is 29.0 Å². The zero-order valence-electron chi connectivity index (χ0n) is 11.7. The van der Waals surface area contributed by atoms with Crippen LogP contribution in [0.25, 0.3) is 0 Å². The normalized spacial score (nSPS) is 15.6. The van der Waals surface area contributed by atoms with Crippen molar-refractivity contribution in [1.29, 1.82) is 0 Å². The summed E-state index contributed by atoms with van der Waals surface area (Å²) in [6.45, 7) is 5.98. The Bertz CT molecular complexity index is 511. The van der Waals surface area contributed by atoms with E-state index in [2.05, 4.69) is 4.98 Å². The van der Waals surface area contributed by atoms with Gasteiger partial charge in [0.05, 0.1) is 0 Å².